The molecule has 4 heteroatoms. The van der Waals surface area contributed by atoms with Crippen molar-refractivity contribution < 1.29 is 9.90 Å². The molecule has 4 nitrogen and oxygen atoms in total. The fourth-order valence-corrected chi connectivity index (χ4v) is 3.15. The lowest BCUT2D eigenvalue weighted by Crippen LogP contribution is -2.40. The third-order valence-electron chi connectivity index (χ3n) is 4.38. The molecular weight excluding hydrogens is 228 g/mol. The second-order valence-electron chi connectivity index (χ2n) is 5.99. The first kappa shape index (κ1) is 13.8. The van der Waals surface area contributed by atoms with Crippen LogP contribution < -0.4 is 0 Å². The molecule has 0 radical (unpaired) electrons. The summed E-state index contributed by atoms with van der Waals surface area (Å²) in [4.78, 5) is 15.8. The molecule has 0 aliphatic carbocycles. The molecule has 2 rings (SSSR count). The average molecular weight is 254 g/mol. The lowest BCUT2D eigenvalue weighted by molar-refractivity contribution is -0.141. The summed E-state index contributed by atoms with van der Waals surface area (Å²) in [6.45, 7) is 8.52. The smallest absolute Gasteiger partial charge is 0.307 e. The van der Waals surface area contributed by atoms with Crippen LogP contribution in [0.2, 0.25) is 0 Å². The van der Waals surface area contributed by atoms with Crippen molar-refractivity contribution >= 4 is 5.97 Å². The van der Waals surface area contributed by atoms with E-state index in [1.165, 1.54) is 45.3 Å². The van der Waals surface area contributed by atoms with Crippen molar-refractivity contribution in [3.8, 4) is 0 Å². The van der Waals surface area contributed by atoms with E-state index in [1.807, 2.05) is 0 Å². The van der Waals surface area contributed by atoms with Crippen molar-refractivity contribution in [2.45, 2.75) is 32.6 Å². The molecule has 1 unspecified atom stereocenters. The molecule has 0 aromatic heterocycles. The molecule has 0 aromatic rings. The van der Waals surface area contributed by atoms with Crippen LogP contribution in [0.3, 0.4) is 0 Å². The van der Waals surface area contributed by atoms with Gasteiger partial charge in [-0.2, -0.15) is 0 Å². The summed E-state index contributed by atoms with van der Waals surface area (Å²) in [7, 11) is 0. The summed E-state index contributed by atoms with van der Waals surface area (Å²) in [6, 6.07) is 0. The minimum absolute atomic E-state index is 0.236. The Balaban J connectivity index is 1.66. The highest BCUT2D eigenvalue weighted by Gasteiger charge is 2.24. The number of carboxylic acids is 1. The molecule has 2 aliphatic heterocycles. The molecule has 18 heavy (non-hydrogen) atoms. The van der Waals surface area contributed by atoms with Crippen molar-refractivity contribution in [2.75, 3.05) is 39.3 Å². The van der Waals surface area contributed by atoms with Crippen LogP contribution in [-0.4, -0.2) is 60.1 Å². The number of hydrogen-bond acceptors (Lipinski definition) is 3. The number of hydrogen-bond donors (Lipinski definition) is 1. The maximum atomic E-state index is 10.8. The van der Waals surface area contributed by atoms with Crippen molar-refractivity contribution in [2.24, 2.45) is 11.8 Å². The van der Waals surface area contributed by atoms with Crippen molar-refractivity contribution in [3.63, 3.8) is 0 Å². The highest BCUT2D eigenvalue weighted by Crippen LogP contribution is 2.21. The van der Waals surface area contributed by atoms with Crippen LogP contribution in [0.5, 0.6) is 0 Å². The molecule has 2 saturated heterocycles. The number of likely N-dealkylation sites (tertiary alicyclic amines) is 2. The fraction of sp³-hybridized carbons (Fsp3) is 0.929. The second-order valence-corrected chi connectivity index (χ2v) is 5.99. The normalized spacial score (nSPS) is 25.4. The van der Waals surface area contributed by atoms with E-state index in [-0.39, 0.29) is 5.92 Å². The van der Waals surface area contributed by atoms with Crippen LogP contribution in [0.15, 0.2) is 0 Å². The summed E-state index contributed by atoms with van der Waals surface area (Å²) in [5.41, 5.74) is 0. The maximum absolute atomic E-state index is 10.8. The first-order valence-corrected chi connectivity index (χ1v) is 7.32. The van der Waals surface area contributed by atoms with E-state index in [0.717, 1.165) is 19.0 Å². The molecule has 0 bridgehead atoms. The van der Waals surface area contributed by atoms with Gasteiger partial charge in [-0.15, -0.1) is 0 Å². The zero-order valence-corrected chi connectivity index (χ0v) is 11.5. The van der Waals surface area contributed by atoms with Gasteiger partial charge in [0, 0.05) is 13.1 Å². The van der Waals surface area contributed by atoms with E-state index in [2.05, 4.69) is 9.80 Å². The Kier molecular flexibility index (Phi) is 5.01. The Hall–Kier alpha value is -0.610. The van der Waals surface area contributed by atoms with E-state index in [9.17, 15) is 4.79 Å². The maximum Gasteiger partial charge on any atom is 0.307 e. The molecule has 104 valence electrons. The zero-order chi connectivity index (χ0) is 13.0. The molecule has 0 saturated carbocycles. The van der Waals surface area contributed by atoms with Gasteiger partial charge in [0.05, 0.1) is 5.92 Å². The largest absolute Gasteiger partial charge is 0.481 e. The summed E-state index contributed by atoms with van der Waals surface area (Å²) >= 11 is 0. The summed E-state index contributed by atoms with van der Waals surface area (Å²) in [5, 5.41) is 8.92. The second kappa shape index (κ2) is 6.53. The third-order valence-corrected chi connectivity index (χ3v) is 4.38. The predicted octanol–water partition coefficient (Wildman–Crippen LogP) is 1.51. The van der Waals surface area contributed by atoms with Crippen LogP contribution in [0.25, 0.3) is 0 Å². The Morgan fingerprint density at radius 3 is 2.33 bits per heavy atom. The molecule has 1 atom stereocenters. The van der Waals surface area contributed by atoms with Gasteiger partial charge in [0.15, 0.2) is 0 Å². The minimum atomic E-state index is -0.672. The zero-order valence-electron chi connectivity index (χ0n) is 11.5. The summed E-state index contributed by atoms with van der Waals surface area (Å²) < 4.78 is 0. The minimum Gasteiger partial charge on any atom is -0.481 e. The highest BCUT2D eigenvalue weighted by molar-refractivity contribution is 5.69. The Bertz CT molecular complexity index is 269. The van der Waals surface area contributed by atoms with Crippen molar-refractivity contribution in [1.82, 2.24) is 9.80 Å². The van der Waals surface area contributed by atoms with E-state index in [1.54, 1.807) is 6.92 Å². The molecule has 2 aliphatic rings. The van der Waals surface area contributed by atoms with Gasteiger partial charge in [-0.05, 0) is 57.8 Å². The molecule has 2 fully saturated rings. The topological polar surface area (TPSA) is 43.8 Å². The molecular formula is C14H26N2O2. The van der Waals surface area contributed by atoms with Crippen molar-refractivity contribution in [1.29, 1.82) is 0 Å². The van der Waals surface area contributed by atoms with Crippen LogP contribution in [0.4, 0.5) is 0 Å². The molecule has 2 heterocycles. The van der Waals surface area contributed by atoms with Crippen LogP contribution >= 0.6 is 0 Å². The van der Waals surface area contributed by atoms with Crippen molar-refractivity contribution in [3.05, 3.63) is 0 Å². The Morgan fingerprint density at radius 2 is 1.78 bits per heavy atom. The van der Waals surface area contributed by atoms with Gasteiger partial charge in [0.1, 0.15) is 0 Å². The van der Waals surface area contributed by atoms with Gasteiger partial charge < -0.3 is 14.9 Å². The van der Waals surface area contributed by atoms with E-state index < -0.39 is 5.97 Å². The van der Waals surface area contributed by atoms with Gasteiger partial charge in [-0.3, -0.25) is 4.79 Å². The fourth-order valence-electron chi connectivity index (χ4n) is 3.15. The molecule has 0 aromatic carbocycles. The molecule has 0 spiro atoms. The predicted molar refractivity (Wildman–Crippen MR) is 71.6 cm³/mol. The lowest BCUT2D eigenvalue weighted by Gasteiger charge is -2.34. The summed E-state index contributed by atoms with van der Waals surface area (Å²) in [5.74, 6) is -0.0752. The highest BCUT2D eigenvalue weighted by atomic mass is 16.4. The van der Waals surface area contributed by atoms with E-state index >= 15 is 0 Å². The molecule has 1 N–H and O–H groups in total. The Labute approximate surface area is 110 Å². The van der Waals surface area contributed by atoms with E-state index in [4.69, 9.17) is 5.11 Å². The van der Waals surface area contributed by atoms with Gasteiger partial charge >= 0.3 is 5.97 Å². The van der Waals surface area contributed by atoms with Gasteiger partial charge in [0.2, 0.25) is 0 Å². The third kappa shape index (κ3) is 3.95. The van der Waals surface area contributed by atoms with Crippen LogP contribution in [0.1, 0.15) is 32.6 Å². The summed E-state index contributed by atoms with van der Waals surface area (Å²) in [6.07, 6.45) is 5.22. The number of carboxylic acid groups (broad SMARTS) is 1. The van der Waals surface area contributed by atoms with Gasteiger partial charge in [0.25, 0.3) is 0 Å². The number of aliphatic carboxylic acids is 1. The Morgan fingerprint density at radius 1 is 1.17 bits per heavy atom. The van der Waals surface area contributed by atoms with Crippen LogP contribution in [0, 0.1) is 11.8 Å². The number of nitrogens with zero attached hydrogens (tertiary/aromatic N) is 2. The molecule has 0 amide bonds. The van der Waals surface area contributed by atoms with Gasteiger partial charge in [-0.25, -0.2) is 0 Å². The standard InChI is InChI=1S/C14H26N2O2/c1-12(14(17)18)10-16-8-4-13(5-9-16)11-15-6-2-3-7-15/h12-13H,2-11H2,1H3,(H,17,18). The number of rotatable bonds is 5. The number of piperidine rings is 1. The van der Waals surface area contributed by atoms with Gasteiger partial charge in [-0.1, -0.05) is 6.92 Å². The van der Waals surface area contributed by atoms with Crippen LogP contribution in [-0.2, 0) is 4.79 Å². The monoisotopic (exact) mass is 254 g/mol. The quantitative estimate of drug-likeness (QED) is 0.808. The lowest BCUT2D eigenvalue weighted by atomic mass is 9.95. The first-order chi connectivity index (χ1) is 8.65. The number of carbonyl (C=O) groups is 1. The SMILES string of the molecule is CC(CN1CCC(CN2CCCC2)CC1)C(=O)O. The first-order valence-electron chi connectivity index (χ1n) is 7.32. The van der Waals surface area contributed by atoms with E-state index in [0.29, 0.717) is 6.54 Å². The average Bonchev–Trinajstić information content (AvgIpc) is 2.84.